The smallest absolute Gasteiger partial charge is 0.295 e. The van der Waals surface area contributed by atoms with Crippen molar-refractivity contribution in [3.8, 4) is 0 Å². The third-order valence-corrected chi connectivity index (χ3v) is 6.63. The Morgan fingerprint density at radius 3 is 2.30 bits per heavy atom. The Morgan fingerprint density at radius 1 is 1.06 bits per heavy atom. The summed E-state index contributed by atoms with van der Waals surface area (Å²) in [5.74, 6) is -1.37. The van der Waals surface area contributed by atoms with Crippen molar-refractivity contribution in [2.45, 2.75) is 45.8 Å². The lowest BCUT2D eigenvalue weighted by Crippen LogP contribution is -2.36. The van der Waals surface area contributed by atoms with Crippen LogP contribution in [0.15, 0.2) is 54.1 Å². The predicted molar refractivity (Wildman–Crippen MR) is 129 cm³/mol. The van der Waals surface area contributed by atoms with E-state index in [-0.39, 0.29) is 17.4 Å². The minimum Gasteiger partial charge on any atom is -0.507 e. The first kappa shape index (κ1) is 23.1. The molecule has 2 heterocycles. The quantitative estimate of drug-likeness (QED) is 0.385. The fraction of sp³-hybridized carbons (Fsp3) is 0.407. The third kappa shape index (κ3) is 4.53. The van der Waals surface area contributed by atoms with Gasteiger partial charge in [-0.2, -0.15) is 0 Å². The summed E-state index contributed by atoms with van der Waals surface area (Å²) in [6, 6.07) is 14.6. The second kappa shape index (κ2) is 9.79. The highest BCUT2D eigenvalue weighted by molar-refractivity contribution is 6.46. The summed E-state index contributed by atoms with van der Waals surface area (Å²) in [4.78, 5) is 30.1. The number of hydrogen-bond acceptors (Lipinski definition) is 5. The molecule has 6 heteroatoms. The molecule has 6 nitrogen and oxygen atoms in total. The number of aliphatic hydroxyl groups is 1. The van der Waals surface area contributed by atoms with Gasteiger partial charge in [0.05, 0.1) is 17.7 Å². The number of aliphatic hydroxyl groups excluding tert-OH is 1. The molecule has 174 valence electrons. The van der Waals surface area contributed by atoms with Gasteiger partial charge in [0.25, 0.3) is 11.7 Å². The Labute approximate surface area is 195 Å². The van der Waals surface area contributed by atoms with Gasteiger partial charge in [-0.15, -0.1) is 0 Å². The Kier molecular flexibility index (Phi) is 6.84. The van der Waals surface area contributed by atoms with Crippen molar-refractivity contribution < 1.29 is 19.4 Å². The third-order valence-electron chi connectivity index (χ3n) is 6.63. The Morgan fingerprint density at radius 2 is 1.73 bits per heavy atom. The maximum atomic E-state index is 13.2. The van der Waals surface area contributed by atoms with Crippen molar-refractivity contribution in [1.29, 1.82) is 0 Å². The topological polar surface area (TPSA) is 70.1 Å². The average Bonchev–Trinajstić information content (AvgIpc) is 3.43. The Balaban J connectivity index is 1.78. The summed E-state index contributed by atoms with van der Waals surface area (Å²) < 4.78 is 5.77. The number of ether oxygens (including phenoxy) is 1. The molecule has 0 aromatic heterocycles. The molecule has 2 fully saturated rings. The highest BCUT2D eigenvalue weighted by atomic mass is 16.5. The van der Waals surface area contributed by atoms with Gasteiger partial charge in [-0.1, -0.05) is 42.0 Å². The number of Topliss-reactive ketones (excluding diaryl/α,β-unsaturated/α-hetero) is 1. The number of carbonyl (C=O) groups is 2. The molecule has 1 amide bonds. The second-order valence-corrected chi connectivity index (χ2v) is 8.72. The van der Waals surface area contributed by atoms with E-state index in [4.69, 9.17) is 4.74 Å². The molecule has 2 atom stereocenters. The van der Waals surface area contributed by atoms with Gasteiger partial charge in [0.1, 0.15) is 5.76 Å². The van der Waals surface area contributed by atoms with Gasteiger partial charge in [-0.3, -0.25) is 9.59 Å². The number of rotatable bonds is 7. The monoisotopic (exact) mass is 448 g/mol. The van der Waals surface area contributed by atoms with Crippen molar-refractivity contribution in [2.75, 3.05) is 31.1 Å². The van der Waals surface area contributed by atoms with E-state index in [1.807, 2.05) is 43.3 Å². The molecule has 2 aromatic carbocycles. The summed E-state index contributed by atoms with van der Waals surface area (Å²) in [6.07, 6.45) is 1.70. The van der Waals surface area contributed by atoms with Gasteiger partial charge >= 0.3 is 0 Å². The Hall–Kier alpha value is -3.12. The first-order chi connectivity index (χ1) is 15.9. The van der Waals surface area contributed by atoms with E-state index in [0.717, 1.165) is 42.7 Å². The van der Waals surface area contributed by atoms with Crippen LogP contribution >= 0.6 is 0 Å². The summed E-state index contributed by atoms with van der Waals surface area (Å²) in [7, 11) is 0. The normalized spacial score (nSPS) is 22.2. The first-order valence-corrected chi connectivity index (χ1v) is 11.8. The van der Waals surface area contributed by atoms with Crippen LogP contribution in [-0.4, -0.2) is 54.0 Å². The summed E-state index contributed by atoms with van der Waals surface area (Å²) in [6.45, 7) is 8.95. The second-order valence-electron chi connectivity index (χ2n) is 8.72. The van der Waals surface area contributed by atoms with Crippen LogP contribution in [0.2, 0.25) is 0 Å². The van der Waals surface area contributed by atoms with Gasteiger partial charge in [0.2, 0.25) is 0 Å². The zero-order valence-electron chi connectivity index (χ0n) is 19.6. The Bertz CT molecular complexity index is 1030. The van der Waals surface area contributed by atoms with Crippen molar-refractivity contribution >= 4 is 23.1 Å². The molecule has 0 saturated carbocycles. The van der Waals surface area contributed by atoms with Gasteiger partial charge < -0.3 is 19.6 Å². The van der Waals surface area contributed by atoms with Crippen LogP contribution in [0, 0.1) is 6.92 Å². The number of nitrogens with zero attached hydrogens (tertiary/aromatic N) is 2. The van der Waals surface area contributed by atoms with Crippen LogP contribution in [0.3, 0.4) is 0 Å². The molecular formula is C27H32N2O4. The summed E-state index contributed by atoms with van der Waals surface area (Å²) in [5, 5.41) is 11.2. The number of benzene rings is 2. The van der Waals surface area contributed by atoms with E-state index in [0.29, 0.717) is 18.7 Å². The van der Waals surface area contributed by atoms with Crippen molar-refractivity contribution in [1.82, 2.24) is 4.90 Å². The first-order valence-electron chi connectivity index (χ1n) is 11.8. The van der Waals surface area contributed by atoms with E-state index in [1.165, 1.54) is 0 Å². The molecule has 33 heavy (non-hydrogen) atoms. The fourth-order valence-corrected chi connectivity index (χ4v) is 4.75. The molecule has 0 spiro atoms. The standard InChI is InChI=1S/C27H32N2O4/c1-4-28(5-2)21-14-12-19(13-15-21)24-23(25(30)20-10-8-18(3)9-11-20)26(31)27(32)29(24)17-22-7-6-16-33-22/h8-15,22,24,30H,4-7,16-17H2,1-3H3/b25-23+. The maximum absolute atomic E-state index is 13.2. The van der Waals surface area contributed by atoms with Gasteiger partial charge in [0, 0.05) is 37.5 Å². The maximum Gasteiger partial charge on any atom is 0.295 e. The molecule has 1 N–H and O–H groups in total. The molecule has 2 aliphatic rings. The fourth-order valence-electron chi connectivity index (χ4n) is 4.75. The lowest BCUT2D eigenvalue weighted by Gasteiger charge is -2.28. The number of amides is 1. The van der Waals surface area contributed by atoms with E-state index in [1.54, 1.807) is 17.0 Å². The zero-order chi connectivity index (χ0) is 23.5. The predicted octanol–water partition coefficient (Wildman–Crippen LogP) is 4.44. The van der Waals surface area contributed by atoms with Crippen molar-refractivity contribution in [3.63, 3.8) is 0 Å². The minimum absolute atomic E-state index is 0.0972. The molecule has 2 saturated heterocycles. The lowest BCUT2D eigenvalue weighted by molar-refractivity contribution is -0.140. The van der Waals surface area contributed by atoms with Crippen molar-refractivity contribution in [2.24, 2.45) is 0 Å². The number of anilines is 1. The number of ketones is 1. The summed E-state index contributed by atoms with van der Waals surface area (Å²) >= 11 is 0. The van der Waals surface area contributed by atoms with Gasteiger partial charge in [-0.25, -0.2) is 0 Å². The van der Waals surface area contributed by atoms with Crippen LogP contribution in [0.5, 0.6) is 0 Å². The molecule has 0 bridgehead atoms. The van der Waals surface area contributed by atoms with Crippen molar-refractivity contribution in [3.05, 3.63) is 70.8 Å². The molecule has 0 radical (unpaired) electrons. The van der Waals surface area contributed by atoms with E-state index < -0.39 is 17.7 Å². The zero-order valence-corrected chi connectivity index (χ0v) is 19.6. The van der Waals surface area contributed by atoms with E-state index in [2.05, 4.69) is 18.7 Å². The molecule has 0 aliphatic carbocycles. The number of carbonyl (C=O) groups excluding carboxylic acids is 2. The van der Waals surface area contributed by atoms with Crippen LogP contribution in [0.4, 0.5) is 5.69 Å². The minimum atomic E-state index is -0.652. The molecule has 2 aromatic rings. The largest absolute Gasteiger partial charge is 0.507 e. The SMILES string of the molecule is CCN(CC)c1ccc(C2/C(=C(\O)c3ccc(C)cc3)C(=O)C(=O)N2CC2CCCO2)cc1. The van der Waals surface area contributed by atoms with Crippen LogP contribution < -0.4 is 4.90 Å². The highest BCUT2D eigenvalue weighted by Crippen LogP contribution is 2.40. The van der Waals surface area contributed by atoms with Crippen LogP contribution in [-0.2, 0) is 14.3 Å². The molecule has 2 unspecified atom stereocenters. The molecular weight excluding hydrogens is 416 g/mol. The number of likely N-dealkylation sites (tertiary alicyclic amines) is 1. The van der Waals surface area contributed by atoms with Gasteiger partial charge in [0.15, 0.2) is 0 Å². The average molecular weight is 449 g/mol. The highest BCUT2D eigenvalue weighted by Gasteiger charge is 2.47. The molecule has 2 aliphatic heterocycles. The summed E-state index contributed by atoms with van der Waals surface area (Å²) in [5.41, 5.74) is 3.60. The number of hydrogen-bond donors (Lipinski definition) is 1. The number of aryl methyl sites for hydroxylation is 1. The van der Waals surface area contributed by atoms with E-state index in [9.17, 15) is 14.7 Å². The van der Waals surface area contributed by atoms with Gasteiger partial charge in [-0.05, 0) is 51.3 Å². The molecule has 4 rings (SSSR count). The lowest BCUT2D eigenvalue weighted by atomic mass is 9.94. The van der Waals surface area contributed by atoms with Crippen LogP contribution in [0.1, 0.15) is 49.4 Å². The van der Waals surface area contributed by atoms with E-state index >= 15 is 0 Å². The van der Waals surface area contributed by atoms with Crippen LogP contribution in [0.25, 0.3) is 5.76 Å².